The molecule has 28 heavy (non-hydrogen) atoms. The van der Waals surface area contributed by atoms with Crippen molar-refractivity contribution in [2.75, 3.05) is 23.8 Å². The number of rotatable bonds is 5. The predicted octanol–water partition coefficient (Wildman–Crippen LogP) is 2.83. The molecule has 1 aliphatic rings. The summed E-state index contributed by atoms with van der Waals surface area (Å²) in [6.07, 6.45) is -0.726. The zero-order chi connectivity index (χ0) is 20.1. The van der Waals surface area contributed by atoms with Gasteiger partial charge in [0.25, 0.3) is 0 Å². The van der Waals surface area contributed by atoms with E-state index in [-0.39, 0.29) is 18.7 Å². The average molecular weight is 387 g/mol. The van der Waals surface area contributed by atoms with Crippen molar-refractivity contribution in [1.82, 2.24) is 4.90 Å². The third-order valence-corrected chi connectivity index (χ3v) is 4.39. The van der Waals surface area contributed by atoms with Crippen molar-refractivity contribution in [3.8, 4) is 5.75 Å². The molecule has 0 unspecified atom stereocenters. The summed E-state index contributed by atoms with van der Waals surface area (Å²) in [6, 6.07) is 11.1. The first kappa shape index (κ1) is 19.6. The minimum Gasteiger partial charge on any atom is -0.494 e. The topological polar surface area (TPSA) is 90.9 Å². The first-order valence-corrected chi connectivity index (χ1v) is 9.02. The van der Waals surface area contributed by atoms with Gasteiger partial charge in [-0.25, -0.2) is 9.18 Å². The zero-order valence-corrected chi connectivity index (χ0v) is 15.4. The van der Waals surface area contributed by atoms with Crippen LogP contribution in [0.5, 0.6) is 5.75 Å². The van der Waals surface area contributed by atoms with Crippen molar-refractivity contribution in [2.45, 2.75) is 25.5 Å². The molecule has 3 amide bonds. The van der Waals surface area contributed by atoms with Crippen LogP contribution < -0.4 is 15.4 Å². The highest BCUT2D eigenvalue weighted by atomic mass is 19.1. The van der Waals surface area contributed by atoms with Crippen LogP contribution in [0.2, 0.25) is 0 Å². The minimum atomic E-state index is -0.867. The number of nitrogens with one attached hydrogen (secondary N) is 2. The molecule has 3 N–H and O–H groups in total. The van der Waals surface area contributed by atoms with Gasteiger partial charge in [0.15, 0.2) is 0 Å². The van der Waals surface area contributed by atoms with Crippen molar-refractivity contribution in [2.24, 2.45) is 0 Å². The van der Waals surface area contributed by atoms with Gasteiger partial charge in [-0.1, -0.05) is 12.1 Å². The number of amides is 3. The summed E-state index contributed by atoms with van der Waals surface area (Å²) in [5.74, 6) is -0.321. The molecule has 2 aromatic carbocycles. The maximum Gasteiger partial charge on any atom is 0.322 e. The molecule has 0 aromatic heterocycles. The van der Waals surface area contributed by atoms with Gasteiger partial charge in [-0.2, -0.15) is 0 Å². The molecule has 0 saturated carbocycles. The summed E-state index contributed by atoms with van der Waals surface area (Å²) < 4.78 is 19.1. The fraction of sp³-hybridized carbons (Fsp3) is 0.300. The molecule has 0 radical (unpaired) electrons. The van der Waals surface area contributed by atoms with Gasteiger partial charge in [-0.05, 0) is 43.3 Å². The third-order valence-electron chi connectivity index (χ3n) is 4.39. The Hall–Kier alpha value is -3.13. The summed E-state index contributed by atoms with van der Waals surface area (Å²) >= 11 is 0. The molecule has 2 aromatic rings. The molecule has 7 nitrogen and oxygen atoms in total. The van der Waals surface area contributed by atoms with E-state index in [0.29, 0.717) is 18.0 Å². The molecule has 1 aliphatic heterocycles. The number of carbonyl (C=O) groups is 2. The lowest BCUT2D eigenvalue weighted by Gasteiger charge is -2.24. The van der Waals surface area contributed by atoms with Gasteiger partial charge in [-0.15, -0.1) is 0 Å². The molecule has 1 heterocycles. The number of nitrogens with zero attached hydrogens (tertiary/aromatic N) is 1. The van der Waals surface area contributed by atoms with Crippen LogP contribution in [0.25, 0.3) is 0 Å². The third kappa shape index (κ3) is 4.58. The Balaban J connectivity index is 1.67. The molecule has 0 aliphatic carbocycles. The Morgan fingerprint density at radius 1 is 1.18 bits per heavy atom. The number of hydrogen-bond acceptors (Lipinski definition) is 4. The SMILES string of the molecule is CCOc1ccc(NC(=O)[C@@H]2C[C@H](O)CN2C(=O)Nc2ccccc2F)cc1. The van der Waals surface area contributed by atoms with E-state index < -0.39 is 29.9 Å². The van der Waals surface area contributed by atoms with Crippen molar-refractivity contribution < 1.29 is 23.8 Å². The van der Waals surface area contributed by atoms with Crippen LogP contribution in [-0.4, -0.2) is 47.2 Å². The monoisotopic (exact) mass is 387 g/mol. The second kappa shape index (κ2) is 8.71. The van der Waals surface area contributed by atoms with Gasteiger partial charge < -0.3 is 25.4 Å². The lowest BCUT2D eigenvalue weighted by molar-refractivity contribution is -0.119. The molecule has 1 saturated heterocycles. The van der Waals surface area contributed by atoms with Gasteiger partial charge >= 0.3 is 6.03 Å². The van der Waals surface area contributed by atoms with Crippen molar-refractivity contribution in [3.63, 3.8) is 0 Å². The predicted molar refractivity (Wildman–Crippen MR) is 103 cm³/mol. The molecule has 1 fully saturated rings. The highest BCUT2D eigenvalue weighted by Gasteiger charge is 2.39. The largest absolute Gasteiger partial charge is 0.494 e. The van der Waals surface area contributed by atoms with Crippen LogP contribution in [0.4, 0.5) is 20.6 Å². The molecule has 0 spiro atoms. The number of halogens is 1. The van der Waals surface area contributed by atoms with Crippen LogP contribution in [0.15, 0.2) is 48.5 Å². The summed E-state index contributed by atoms with van der Waals surface area (Å²) in [5, 5.41) is 15.1. The number of carbonyl (C=O) groups excluding carboxylic acids is 2. The van der Waals surface area contributed by atoms with Gasteiger partial charge in [-0.3, -0.25) is 4.79 Å². The van der Waals surface area contributed by atoms with Crippen LogP contribution >= 0.6 is 0 Å². The van der Waals surface area contributed by atoms with Crippen molar-refractivity contribution in [1.29, 1.82) is 0 Å². The summed E-state index contributed by atoms with van der Waals surface area (Å²) in [7, 11) is 0. The standard InChI is InChI=1S/C20H22FN3O4/c1-2-28-15-9-7-13(8-10-15)22-19(26)18-11-14(25)12-24(18)20(27)23-17-6-4-3-5-16(17)21/h3-10,14,18,25H,2,11-12H2,1H3,(H,22,26)(H,23,27)/t14-,18-/m0/s1. The van der Waals surface area contributed by atoms with Gasteiger partial charge in [0.2, 0.25) is 5.91 Å². The number of ether oxygens (including phenoxy) is 1. The zero-order valence-electron chi connectivity index (χ0n) is 15.4. The number of benzene rings is 2. The minimum absolute atomic E-state index is 0.0123. The smallest absolute Gasteiger partial charge is 0.322 e. The lowest BCUT2D eigenvalue weighted by Crippen LogP contribution is -2.45. The number of β-amino-alcohol motifs (C(OH)–C–C–N with tert-alkyl or cyclic N) is 1. The molecule has 3 rings (SSSR count). The molecule has 8 heteroatoms. The second-order valence-corrected chi connectivity index (χ2v) is 6.41. The van der Waals surface area contributed by atoms with Crippen LogP contribution in [0.3, 0.4) is 0 Å². The molecule has 0 bridgehead atoms. The number of anilines is 2. The van der Waals surface area contributed by atoms with E-state index in [1.54, 1.807) is 30.3 Å². The van der Waals surface area contributed by atoms with E-state index in [1.165, 1.54) is 23.1 Å². The molecule has 2 atom stereocenters. The maximum atomic E-state index is 13.8. The van der Waals surface area contributed by atoms with Crippen LogP contribution in [-0.2, 0) is 4.79 Å². The van der Waals surface area contributed by atoms with E-state index in [9.17, 15) is 19.1 Å². The number of aliphatic hydroxyl groups is 1. The molecule has 148 valence electrons. The highest BCUT2D eigenvalue weighted by molar-refractivity contribution is 5.99. The molecular weight excluding hydrogens is 365 g/mol. The fourth-order valence-corrected chi connectivity index (χ4v) is 3.06. The van der Waals surface area contributed by atoms with E-state index in [2.05, 4.69) is 10.6 Å². The van der Waals surface area contributed by atoms with Crippen LogP contribution in [0, 0.1) is 5.82 Å². The lowest BCUT2D eigenvalue weighted by atomic mass is 10.2. The second-order valence-electron chi connectivity index (χ2n) is 6.41. The fourth-order valence-electron chi connectivity index (χ4n) is 3.06. The number of hydrogen-bond donors (Lipinski definition) is 3. The van der Waals surface area contributed by atoms with E-state index in [4.69, 9.17) is 4.74 Å². The normalized spacial score (nSPS) is 18.6. The Morgan fingerprint density at radius 3 is 2.57 bits per heavy atom. The average Bonchev–Trinajstić information content (AvgIpc) is 3.07. The Morgan fingerprint density at radius 2 is 1.89 bits per heavy atom. The summed E-state index contributed by atoms with van der Waals surface area (Å²) in [5.41, 5.74) is 0.559. The summed E-state index contributed by atoms with van der Waals surface area (Å²) in [6.45, 7) is 2.40. The highest BCUT2D eigenvalue weighted by Crippen LogP contribution is 2.23. The van der Waals surface area contributed by atoms with Crippen molar-refractivity contribution >= 4 is 23.3 Å². The Kier molecular flexibility index (Phi) is 6.10. The first-order chi connectivity index (χ1) is 13.5. The van der Waals surface area contributed by atoms with Crippen molar-refractivity contribution in [3.05, 3.63) is 54.3 Å². The quantitative estimate of drug-likeness (QED) is 0.736. The number of aliphatic hydroxyl groups excluding tert-OH is 1. The summed E-state index contributed by atoms with van der Waals surface area (Å²) in [4.78, 5) is 26.4. The van der Waals surface area contributed by atoms with E-state index in [0.717, 1.165) is 0 Å². The number of urea groups is 1. The van der Waals surface area contributed by atoms with Crippen LogP contribution in [0.1, 0.15) is 13.3 Å². The number of para-hydroxylation sites is 1. The first-order valence-electron chi connectivity index (χ1n) is 9.02. The van der Waals surface area contributed by atoms with E-state index in [1.807, 2.05) is 6.92 Å². The maximum absolute atomic E-state index is 13.8. The Labute approximate surface area is 162 Å². The molecular formula is C20H22FN3O4. The number of likely N-dealkylation sites (tertiary alicyclic amines) is 1. The van der Waals surface area contributed by atoms with E-state index >= 15 is 0 Å². The Bertz CT molecular complexity index is 844. The van der Waals surface area contributed by atoms with Gasteiger partial charge in [0.05, 0.1) is 18.4 Å². The van der Waals surface area contributed by atoms with Gasteiger partial charge in [0, 0.05) is 18.7 Å². The van der Waals surface area contributed by atoms with Gasteiger partial charge in [0.1, 0.15) is 17.6 Å².